The second-order valence-corrected chi connectivity index (χ2v) is 15.2. The smallest absolute Gasteiger partial charge is 0.238 e. The maximum absolute atomic E-state index is 6.57. The molecule has 6 nitrogen and oxygen atoms in total. The van der Waals surface area contributed by atoms with Crippen LogP contribution in [-0.2, 0) is 0 Å². The van der Waals surface area contributed by atoms with E-state index in [4.69, 9.17) is 23.8 Å². The van der Waals surface area contributed by atoms with E-state index in [1.165, 1.54) is 10.8 Å². The van der Waals surface area contributed by atoms with Gasteiger partial charge >= 0.3 is 0 Å². The zero-order valence-electron chi connectivity index (χ0n) is 31.4. The van der Waals surface area contributed by atoms with Crippen LogP contribution < -0.4 is 0 Å². The van der Waals surface area contributed by atoms with Crippen LogP contribution in [0.1, 0.15) is 0 Å². The van der Waals surface area contributed by atoms with Crippen LogP contribution in [0.4, 0.5) is 0 Å². The summed E-state index contributed by atoms with van der Waals surface area (Å²) in [6, 6.07) is 63.3. The van der Waals surface area contributed by atoms with Gasteiger partial charge in [0, 0.05) is 49.0 Å². The van der Waals surface area contributed by atoms with E-state index in [0.29, 0.717) is 17.6 Å². The molecule has 0 fully saturated rings. The quantitative estimate of drug-likeness (QED) is 0.179. The fraction of sp³-hybridized carbons (Fsp3) is 0. The molecule has 13 aromatic rings. The van der Waals surface area contributed by atoms with Crippen LogP contribution in [0.5, 0.6) is 0 Å². The number of benzene rings is 9. The Bertz CT molecular complexity index is 3870. The van der Waals surface area contributed by atoms with Crippen molar-refractivity contribution in [2.24, 2.45) is 0 Å². The highest BCUT2D eigenvalue weighted by Crippen LogP contribution is 2.41. The first-order chi connectivity index (χ1) is 29.2. The van der Waals surface area contributed by atoms with Gasteiger partial charge in [0.25, 0.3) is 0 Å². The number of furan rings is 2. The average molecular weight is 755 g/mol. The van der Waals surface area contributed by atoms with Crippen molar-refractivity contribution < 1.29 is 8.83 Å². The van der Waals surface area contributed by atoms with Crippen LogP contribution in [0.25, 0.3) is 127 Å². The zero-order chi connectivity index (χ0) is 38.6. The number of aromatic nitrogens is 4. The van der Waals surface area contributed by atoms with E-state index >= 15 is 0 Å². The molecule has 0 unspecified atom stereocenters. The minimum Gasteiger partial charge on any atom is -0.456 e. The molecule has 0 aliphatic rings. The molecule has 0 saturated heterocycles. The molecule has 4 aromatic heterocycles. The van der Waals surface area contributed by atoms with Gasteiger partial charge in [-0.25, -0.2) is 4.98 Å². The standard InChI is InChI=1S/C53H30N4O2/c1-2-12-33-28-35(21-20-31(33)10-1)51-54-52(36-23-25-41-40-15-6-8-19-45(40)58-47(41)30-36)56-53(55-51)57-44-18-7-5-14-39(44)42-17-9-16-38(50(42)57)34-22-26-43-48(29-34)59-46-27-24-32-11-3-4-13-37(32)49(43)46/h1-30H. The maximum Gasteiger partial charge on any atom is 0.238 e. The van der Waals surface area contributed by atoms with Crippen molar-refractivity contribution in [1.29, 1.82) is 0 Å². The molecule has 0 amide bonds. The van der Waals surface area contributed by atoms with E-state index < -0.39 is 0 Å². The van der Waals surface area contributed by atoms with Crippen molar-refractivity contribution >= 4 is 87.2 Å². The van der Waals surface area contributed by atoms with E-state index in [1.807, 2.05) is 24.3 Å². The van der Waals surface area contributed by atoms with Gasteiger partial charge in [0.2, 0.25) is 5.95 Å². The van der Waals surface area contributed by atoms with Crippen molar-refractivity contribution in [3.63, 3.8) is 0 Å². The average Bonchev–Trinajstić information content (AvgIpc) is 3.98. The minimum atomic E-state index is 0.526. The summed E-state index contributed by atoms with van der Waals surface area (Å²) < 4.78 is 15.1. The Morgan fingerprint density at radius 2 is 0.966 bits per heavy atom. The predicted molar refractivity (Wildman–Crippen MR) is 240 cm³/mol. The minimum absolute atomic E-state index is 0.526. The van der Waals surface area contributed by atoms with Crippen LogP contribution in [0, 0.1) is 0 Å². The molecule has 0 aliphatic carbocycles. The van der Waals surface area contributed by atoms with E-state index in [0.717, 1.165) is 98.7 Å². The van der Waals surface area contributed by atoms with Gasteiger partial charge in [-0.2, -0.15) is 9.97 Å². The Kier molecular flexibility index (Phi) is 6.63. The molecule has 0 bridgehead atoms. The van der Waals surface area contributed by atoms with E-state index in [2.05, 4.69) is 162 Å². The lowest BCUT2D eigenvalue weighted by Crippen LogP contribution is -2.07. The highest BCUT2D eigenvalue weighted by Gasteiger charge is 2.22. The van der Waals surface area contributed by atoms with Gasteiger partial charge in [-0.05, 0) is 75.6 Å². The molecule has 9 aromatic carbocycles. The van der Waals surface area contributed by atoms with Crippen molar-refractivity contribution in [1.82, 2.24) is 19.5 Å². The third-order valence-electron chi connectivity index (χ3n) is 11.8. The third kappa shape index (κ3) is 4.84. The van der Waals surface area contributed by atoms with Crippen LogP contribution in [0.2, 0.25) is 0 Å². The SMILES string of the molecule is c1ccc2cc(-c3nc(-c4ccc5c(c4)oc4ccccc45)nc(-n4c5ccccc5c5cccc(-c6ccc7c(c6)oc6ccc8ccccc8c67)c54)n3)ccc2c1. The second-order valence-electron chi connectivity index (χ2n) is 15.2. The van der Waals surface area contributed by atoms with Crippen LogP contribution >= 0.6 is 0 Å². The lowest BCUT2D eigenvalue weighted by atomic mass is 9.99. The van der Waals surface area contributed by atoms with Gasteiger partial charge in [0.15, 0.2) is 11.6 Å². The summed E-state index contributed by atoms with van der Waals surface area (Å²) in [6.45, 7) is 0. The van der Waals surface area contributed by atoms with Crippen LogP contribution in [0.15, 0.2) is 191 Å². The monoisotopic (exact) mass is 754 g/mol. The first-order valence-corrected chi connectivity index (χ1v) is 19.8. The summed E-state index contributed by atoms with van der Waals surface area (Å²) >= 11 is 0. The van der Waals surface area contributed by atoms with Gasteiger partial charge in [0.05, 0.1) is 11.0 Å². The molecule has 0 saturated carbocycles. The van der Waals surface area contributed by atoms with Gasteiger partial charge in [-0.3, -0.25) is 4.57 Å². The highest BCUT2D eigenvalue weighted by atomic mass is 16.3. The van der Waals surface area contributed by atoms with Crippen molar-refractivity contribution in [2.45, 2.75) is 0 Å². The fourth-order valence-corrected chi connectivity index (χ4v) is 9.09. The topological polar surface area (TPSA) is 69.9 Å². The molecule has 4 heterocycles. The first-order valence-electron chi connectivity index (χ1n) is 19.8. The number of fused-ring (bicyclic) bond motifs is 12. The lowest BCUT2D eigenvalue weighted by Gasteiger charge is -2.13. The van der Waals surface area contributed by atoms with Gasteiger partial charge in [0.1, 0.15) is 22.3 Å². The molecule has 13 rings (SSSR count). The summed E-state index contributed by atoms with van der Waals surface area (Å²) in [5, 5.41) is 11.2. The highest BCUT2D eigenvalue weighted by molar-refractivity contribution is 6.20. The van der Waals surface area contributed by atoms with Gasteiger partial charge in [-0.1, -0.05) is 133 Å². The Labute approximate surface area is 336 Å². The Balaban J connectivity index is 1.07. The number of hydrogen-bond donors (Lipinski definition) is 0. The summed E-state index contributed by atoms with van der Waals surface area (Å²) in [5.74, 6) is 1.66. The molecule has 0 aliphatic heterocycles. The van der Waals surface area contributed by atoms with Crippen molar-refractivity contribution in [3.05, 3.63) is 182 Å². The summed E-state index contributed by atoms with van der Waals surface area (Å²) in [7, 11) is 0. The number of para-hydroxylation sites is 3. The predicted octanol–water partition coefficient (Wildman–Crippen LogP) is 14.1. The van der Waals surface area contributed by atoms with Crippen LogP contribution in [0.3, 0.4) is 0 Å². The molecular formula is C53H30N4O2. The molecule has 59 heavy (non-hydrogen) atoms. The maximum atomic E-state index is 6.57. The summed E-state index contributed by atoms with van der Waals surface area (Å²) in [4.78, 5) is 15.8. The van der Waals surface area contributed by atoms with Crippen molar-refractivity contribution in [2.75, 3.05) is 0 Å². The summed E-state index contributed by atoms with van der Waals surface area (Å²) in [5.41, 5.74) is 9.18. The Hall–Kier alpha value is -8.09. The molecule has 0 N–H and O–H groups in total. The zero-order valence-corrected chi connectivity index (χ0v) is 31.4. The number of hydrogen-bond acceptors (Lipinski definition) is 5. The molecule has 274 valence electrons. The van der Waals surface area contributed by atoms with Gasteiger partial charge in [-0.15, -0.1) is 0 Å². The second kappa shape index (κ2) is 12.2. The third-order valence-corrected chi connectivity index (χ3v) is 11.8. The molecular weight excluding hydrogens is 725 g/mol. The van der Waals surface area contributed by atoms with Crippen LogP contribution in [-0.4, -0.2) is 19.5 Å². The molecule has 0 radical (unpaired) electrons. The molecule has 0 spiro atoms. The van der Waals surface area contributed by atoms with Gasteiger partial charge < -0.3 is 8.83 Å². The molecule has 6 heteroatoms. The fourth-order valence-electron chi connectivity index (χ4n) is 9.09. The Morgan fingerprint density at radius 1 is 0.356 bits per heavy atom. The largest absolute Gasteiger partial charge is 0.456 e. The number of rotatable bonds is 4. The van der Waals surface area contributed by atoms with E-state index in [9.17, 15) is 0 Å². The lowest BCUT2D eigenvalue weighted by molar-refractivity contribution is 0.668. The van der Waals surface area contributed by atoms with E-state index in [-0.39, 0.29) is 0 Å². The summed E-state index contributed by atoms with van der Waals surface area (Å²) in [6.07, 6.45) is 0. The first kappa shape index (κ1) is 32.0. The van der Waals surface area contributed by atoms with E-state index in [1.54, 1.807) is 0 Å². The normalized spacial score (nSPS) is 12.1. The Morgan fingerprint density at radius 3 is 1.86 bits per heavy atom. The molecule has 0 atom stereocenters. The number of nitrogens with zero attached hydrogens (tertiary/aromatic N) is 4. The van der Waals surface area contributed by atoms with Crippen molar-refractivity contribution in [3.8, 4) is 39.9 Å².